The van der Waals surface area contributed by atoms with Crippen molar-refractivity contribution in [1.82, 2.24) is 19.9 Å². The number of anilines is 1. The minimum atomic E-state index is -0.623. The summed E-state index contributed by atoms with van der Waals surface area (Å²) < 4.78 is 34.3. The van der Waals surface area contributed by atoms with Crippen molar-refractivity contribution in [2.75, 3.05) is 31.7 Å². The SMILES string of the molecule is COc1nccc2ccc(C)c(-c3c(Cl)c4c5c(ncnc5c3F)N3C[C@@H](C)N(C(=O)OC(C)(C)C)C[C@H]3CO4)c12. The maximum atomic E-state index is 16.7. The number of fused-ring (bicyclic) bond motifs is 3. The number of ether oxygens (including phenoxy) is 3. The number of aromatic nitrogens is 3. The molecule has 2 aromatic carbocycles. The van der Waals surface area contributed by atoms with Crippen LogP contribution in [0, 0.1) is 12.7 Å². The third kappa shape index (κ3) is 4.45. The Morgan fingerprint density at radius 2 is 1.90 bits per heavy atom. The van der Waals surface area contributed by atoms with Gasteiger partial charge in [0.05, 0.1) is 28.9 Å². The smallest absolute Gasteiger partial charge is 0.410 e. The van der Waals surface area contributed by atoms with Gasteiger partial charge in [-0.3, -0.25) is 0 Å². The molecule has 1 saturated heterocycles. The Hall–Kier alpha value is -3.92. The van der Waals surface area contributed by atoms with Crippen molar-refractivity contribution in [2.45, 2.75) is 52.3 Å². The standard InChI is InChI=1S/C30H31ClFN5O4/c1-15-7-8-17-9-10-33-28(39-6)20(17)19(15)21-23(31)26-22-25(24(21)32)34-14-35-27(22)37-11-16(2)36(12-18(37)13-40-26)29(38)41-30(3,4)5/h7-10,14,16,18H,11-13H2,1-6H3/t16-,18+/m1/s1. The Labute approximate surface area is 242 Å². The number of rotatable bonds is 2. The van der Waals surface area contributed by atoms with E-state index in [0.717, 1.165) is 10.9 Å². The van der Waals surface area contributed by atoms with Gasteiger partial charge in [-0.25, -0.2) is 24.1 Å². The van der Waals surface area contributed by atoms with Gasteiger partial charge in [-0.2, -0.15) is 0 Å². The van der Waals surface area contributed by atoms with Gasteiger partial charge in [-0.15, -0.1) is 0 Å². The van der Waals surface area contributed by atoms with Gasteiger partial charge in [0, 0.05) is 36.5 Å². The normalized spacial score (nSPS) is 18.6. The second-order valence-electron chi connectivity index (χ2n) is 11.5. The molecule has 4 heterocycles. The van der Waals surface area contributed by atoms with Crippen molar-refractivity contribution < 1.29 is 23.4 Å². The molecular formula is C30H31ClFN5O4. The average Bonchev–Trinajstić information content (AvgIpc) is 3.08. The van der Waals surface area contributed by atoms with Crippen molar-refractivity contribution in [3.05, 3.63) is 47.1 Å². The van der Waals surface area contributed by atoms with Crippen LogP contribution in [0.4, 0.5) is 15.0 Å². The molecule has 9 nitrogen and oxygen atoms in total. The summed E-state index contributed by atoms with van der Waals surface area (Å²) in [5.41, 5.74) is 0.993. The zero-order valence-corrected chi connectivity index (χ0v) is 24.5. The van der Waals surface area contributed by atoms with Crippen LogP contribution in [0.3, 0.4) is 0 Å². The van der Waals surface area contributed by atoms with Gasteiger partial charge in [0.25, 0.3) is 0 Å². The third-order valence-electron chi connectivity index (χ3n) is 7.61. The zero-order chi connectivity index (χ0) is 29.2. The van der Waals surface area contributed by atoms with Crippen LogP contribution in [0.5, 0.6) is 11.6 Å². The molecular weight excluding hydrogens is 549 g/mol. The molecule has 0 N–H and O–H groups in total. The van der Waals surface area contributed by atoms with E-state index in [9.17, 15) is 4.79 Å². The van der Waals surface area contributed by atoms with Crippen molar-refractivity contribution in [1.29, 1.82) is 0 Å². The molecule has 4 aromatic rings. The van der Waals surface area contributed by atoms with Crippen LogP contribution in [0.25, 0.3) is 32.8 Å². The topological polar surface area (TPSA) is 89.9 Å². The molecule has 0 bridgehead atoms. The highest BCUT2D eigenvalue weighted by molar-refractivity contribution is 6.37. The second-order valence-corrected chi connectivity index (χ2v) is 11.9. The summed E-state index contributed by atoms with van der Waals surface area (Å²) >= 11 is 7.07. The lowest BCUT2D eigenvalue weighted by molar-refractivity contribution is 0.0109. The lowest BCUT2D eigenvalue weighted by Gasteiger charge is -2.44. The van der Waals surface area contributed by atoms with Crippen LogP contribution in [0.15, 0.2) is 30.7 Å². The van der Waals surface area contributed by atoms with Crippen LogP contribution in [0.1, 0.15) is 33.3 Å². The van der Waals surface area contributed by atoms with Crippen LogP contribution < -0.4 is 14.4 Å². The maximum Gasteiger partial charge on any atom is 0.410 e. The number of aryl methyl sites for hydroxylation is 1. The molecule has 2 aromatic heterocycles. The molecule has 6 rings (SSSR count). The highest BCUT2D eigenvalue weighted by Gasteiger charge is 2.41. The van der Waals surface area contributed by atoms with Crippen LogP contribution in [-0.2, 0) is 4.74 Å². The molecule has 11 heteroatoms. The monoisotopic (exact) mass is 579 g/mol. The van der Waals surface area contributed by atoms with Crippen molar-refractivity contribution >= 4 is 45.2 Å². The van der Waals surface area contributed by atoms with Gasteiger partial charge in [-0.05, 0) is 51.6 Å². The Kier molecular flexibility index (Phi) is 6.56. The number of pyridine rings is 1. The largest absolute Gasteiger partial charge is 0.489 e. The Bertz CT molecular complexity index is 1710. The Morgan fingerprint density at radius 3 is 2.63 bits per heavy atom. The number of benzene rings is 2. The number of methoxy groups -OCH3 is 1. The number of nitrogens with zero attached hydrogens (tertiary/aromatic N) is 5. The van der Waals surface area contributed by atoms with E-state index in [-0.39, 0.29) is 40.9 Å². The number of piperazine rings is 1. The first-order valence-electron chi connectivity index (χ1n) is 13.5. The molecule has 0 radical (unpaired) electrons. The summed E-state index contributed by atoms with van der Waals surface area (Å²) in [4.78, 5) is 30.1. The maximum absolute atomic E-state index is 16.7. The second kappa shape index (κ2) is 9.87. The van der Waals surface area contributed by atoms with E-state index in [1.165, 1.54) is 13.4 Å². The van der Waals surface area contributed by atoms with Gasteiger partial charge in [0.15, 0.2) is 11.6 Å². The van der Waals surface area contributed by atoms with E-state index < -0.39 is 11.4 Å². The summed E-state index contributed by atoms with van der Waals surface area (Å²) in [7, 11) is 1.53. The van der Waals surface area contributed by atoms with Gasteiger partial charge in [0.2, 0.25) is 5.88 Å². The quantitative estimate of drug-likeness (QED) is 0.279. The first-order chi connectivity index (χ1) is 19.5. The summed E-state index contributed by atoms with van der Waals surface area (Å²) in [6.45, 7) is 10.3. The summed E-state index contributed by atoms with van der Waals surface area (Å²) in [6, 6.07) is 5.23. The lowest BCUT2D eigenvalue weighted by Crippen LogP contribution is -2.61. The van der Waals surface area contributed by atoms with Crippen LogP contribution in [-0.4, -0.2) is 70.4 Å². The average molecular weight is 580 g/mol. The predicted octanol–water partition coefficient (Wildman–Crippen LogP) is 6.16. The molecule has 0 aliphatic carbocycles. The highest BCUT2D eigenvalue weighted by Crippen LogP contribution is 2.50. The van der Waals surface area contributed by atoms with Gasteiger partial charge in [-0.1, -0.05) is 23.7 Å². The van der Waals surface area contributed by atoms with E-state index >= 15 is 4.39 Å². The number of carbonyl (C=O) groups is 1. The molecule has 0 saturated carbocycles. The molecule has 0 spiro atoms. The van der Waals surface area contributed by atoms with Crippen molar-refractivity contribution in [3.63, 3.8) is 0 Å². The summed E-state index contributed by atoms with van der Waals surface area (Å²) in [6.07, 6.45) is 2.61. The molecule has 2 aliphatic heterocycles. The van der Waals surface area contributed by atoms with Gasteiger partial charge in [0.1, 0.15) is 29.9 Å². The number of amides is 1. The van der Waals surface area contributed by atoms with Crippen molar-refractivity contribution in [3.8, 4) is 22.8 Å². The minimum absolute atomic E-state index is 0.103. The summed E-state index contributed by atoms with van der Waals surface area (Å²) in [5.74, 6) is 0.602. The first kappa shape index (κ1) is 27.3. The van der Waals surface area contributed by atoms with E-state index in [0.29, 0.717) is 46.9 Å². The van der Waals surface area contributed by atoms with Crippen molar-refractivity contribution in [2.24, 2.45) is 0 Å². The number of hydrogen-bond acceptors (Lipinski definition) is 8. The van der Waals surface area contributed by atoms with E-state index in [4.69, 9.17) is 25.8 Å². The summed E-state index contributed by atoms with van der Waals surface area (Å²) in [5, 5.41) is 1.99. The van der Waals surface area contributed by atoms with Gasteiger partial charge < -0.3 is 24.0 Å². The fraction of sp³-hybridized carbons (Fsp3) is 0.400. The molecule has 2 atom stereocenters. The van der Waals surface area contributed by atoms with E-state index in [1.807, 2.05) is 52.8 Å². The third-order valence-corrected chi connectivity index (χ3v) is 7.97. The van der Waals surface area contributed by atoms with E-state index in [2.05, 4.69) is 19.9 Å². The molecule has 1 fully saturated rings. The van der Waals surface area contributed by atoms with Crippen LogP contribution >= 0.6 is 11.6 Å². The molecule has 0 unspecified atom stereocenters. The van der Waals surface area contributed by atoms with Crippen LogP contribution in [0.2, 0.25) is 5.02 Å². The molecule has 1 amide bonds. The fourth-order valence-electron chi connectivity index (χ4n) is 5.78. The van der Waals surface area contributed by atoms with E-state index in [1.54, 1.807) is 11.1 Å². The number of halogens is 2. The number of carbonyl (C=O) groups excluding carboxylic acids is 1. The first-order valence-corrected chi connectivity index (χ1v) is 13.8. The Balaban J connectivity index is 1.52. The highest BCUT2D eigenvalue weighted by atomic mass is 35.5. The predicted molar refractivity (Wildman–Crippen MR) is 156 cm³/mol. The molecule has 214 valence electrons. The number of hydrogen-bond donors (Lipinski definition) is 0. The molecule has 41 heavy (non-hydrogen) atoms. The fourth-order valence-corrected chi connectivity index (χ4v) is 6.10. The minimum Gasteiger partial charge on any atom is -0.489 e. The lowest BCUT2D eigenvalue weighted by atomic mass is 9.93. The molecule has 2 aliphatic rings. The van der Waals surface area contributed by atoms with Gasteiger partial charge >= 0.3 is 6.09 Å². The zero-order valence-electron chi connectivity index (χ0n) is 23.8. The Morgan fingerprint density at radius 1 is 1.12 bits per heavy atom.